The summed E-state index contributed by atoms with van der Waals surface area (Å²) in [6, 6.07) is 1.73. The minimum atomic E-state index is 0. The molecule has 0 amide bonds. The molecule has 0 unspecified atom stereocenters. The van der Waals surface area contributed by atoms with Crippen LogP contribution in [0.25, 0.3) is 0 Å². The van der Waals surface area contributed by atoms with Gasteiger partial charge in [0.2, 0.25) is 0 Å². The quantitative estimate of drug-likeness (QED) is 0.737. The molecule has 0 spiro atoms. The zero-order chi connectivity index (χ0) is 6.69. The molecule has 5 heteroatoms. The summed E-state index contributed by atoms with van der Waals surface area (Å²) in [6.07, 6.45) is 3.19. The molecule has 1 rings (SSSR count). The summed E-state index contributed by atoms with van der Waals surface area (Å²) in [5.74, 6) is 5.40. The van der Waals surface area contributed by atoms with E-state index in [4.69, 9.17) is 5.90 Å². The van der Waals surface area contributed by atoms with E-state index in [1.165, 1.54) is 6.20 Å². The minimum Gasteiger partial charge on any atom is -0.410 e. The fourth-order valence-electron chi connectivity index (χ4n) is 0.457. The Morgan fingerprint density at radius 2 is 2.20 bits per heavy atom. The van der Waals surface area contributed by atoms with Crippen molar-refractivity contribution in [2.24, 2.45) is 5.90 Å². The second kappa shape index (κ2) is 4.49. The molecule has 0 atom stereocenters. The van der Waals surface area contributed by atoms with E-state index in [1.54, 1.807) is 12.3 Å². The number of nitrogens with zero attached hydrogens (tertiary/aromatic N) is 1. The van der Waals surface area contributed by atoms with Crippen LogP contribution >= 0.6 is 28.3 Å². The summed E-state index contributed by atoms with van der Waals surface area (Å²) in [5, 5.41) is 0. The smallest absolute Gasteiger partial charge is 0.166 e. The van der Waals surface area contributed by atoms with Crippen LogP contribution in [0.1, 0.15) is 0 Å². The van der Waals surface area contributed by atoms with Crippen LogP contribution in [0.3, 0.4) is 0 Å². The first-order chi connectivity index (χ1) is 4.33. The Kier molecular flexibility index (Phi) is 4.34. The third-order valence-electron chi connectivity index (χ3n) is 0.816. The lowest BCUT2D eigenvalue weighted by atomic mass is 10.5. The summed E-state index contributed by atoms with van der Waals surface area (Å²) >= 11 is 3.20. The van der Waals surface area contributed by atoms with Gasteiger partial charge in [0.05, 0.1) is 6.20 Å². The van der Waals surface area contributed by atoms with E-state index < -0.39 is 0 Å². The molecular formula is C5H6BrClN2O. The van der Waals surface area contributed by atoms with Gasteiger partial charge in [-0.15, -0.1) is 12.4 Å². The van der Waals surface area contributed by atoms with Crippen LogP contribution in [0.4, 0.5) is 0 Å². The number of rotatable bonds is 1. The predicted molar refractivity (Wildman–Crippen MR) is 44.0 cm³/mol. The fourth-order valence-corrected chi connectivity index (χ4v) is 0.801. The lowest BCUT2D eigenvalue weighted by Crippen LogP contribution is -2.01. The average Bonchev–Trinajstić information content (AvgIpc) is 1.88. The molecule has 0 saturated heterocycles. The van der Waals surface area contributed by atoms with Crippen molar-refractivity contribution in [2.45, 2.75) is 0 Å². The standard InChI is InChI=1S/C5H5BrN2O.ClH/c6-4-1-5(9-7)3-8-2-4;/h1-3H,7H2;1H. The number of pyridine rings is 1. The van der Waals surface area contributed by atoms with E-state index in [1.807, 2.05) is 0 Å². The number of aromatic nitrogens is 1. The van der Waals surface area contributed by atoms with Crippen LogP contribution in [0.15, 0.2) is 22.9 Å². The molecule has 0 bridgehead atoms. The Morgan fingerprint density at radius 1 is 1.50 bits per heavy atom. The lowest BCUT2D eigenvalue weighted by molar-refractivity contribution is 0.333. The second-order valence-electron chi connectivity index (χ2n) is 1.46. The highest BCUT2D eigenvalue weighted by Gasteiger charge is 1.90. The number of hydrogen-bond donors (Lipinski definition) is 1. The molecule has 10 heavy (non-hydrogen) atoms. The Bertz CT molecular complexity index is 209. The van der Waals surface area contributed by atoms with Crippen molar-refractivity contribution in [2.75, 3.05) is 0 Å². The summed E-state index contributed by atoms with van der Waals surface area (Å²) in [6.45, 7) is 0. The highest BCUT2D eigenvalue weighted by molar-refractivity contribution is 9.10. The van der Waals surface area contributed by atoms with Crippen LogP contribution in [-0.2, 0) is 0 Å². The van der Waals surface area contributed by atoms with E-state index in [9.17, 15) is 0 Å². The molecule has 2 N–H and O–H groups in total. The van der Waals surface area contributed by atoms with Gasteiger partial charge in [-0.1, -0.05) is 0 Å². The largest absolute Gasteiger partial charge is 0.410 e. The molecule has 1 aromatic rings. The van der Waals surface area contributed by atoms with Crippen LogP contribution in [0.2, 0.25) is 0 Å². The van der Waals surface area contributed by atoms with Crippen molar-refractivity contribution in [1.82, 2.24) is 4.98 Å². The fraction of sp³-hybridized carbons (Fsp3) is 0. The van der Waals surface area contributed by atoms with Crippen molar-refractivity contribution in [1.29, 1.82) is 0 Å². The van der Waals surface area contributed by atoms with Gasteiger partial charge < -0.3 is 4.84 Å². The predicted octanol–water partition coefficient (Wildman–Crippen LogP) is 1.52. The molecule has 0 aliphatic heterocycles. The van der Waals surface area contributed by atoms with Gasteiger partial charge in [-0.3, -0.25) is 4.98 Å². The number of nitrogens with two attached hydrogens (primary N) is 1. The molecule has 0 saturated carbocycles. The van der Waals surface area contributed by atoms with E-state index in [2.05, 4.69) is 25.8 Å². The molecule has 3 nitrogen and oxygen atoms in total. The van der Waals surface area contributed by atoms with E-state index in [0.29, 0.717) is 5.75 Å². The van der Waals surface area contributed by atoms with Gasteiger partial charge in [0.25, 0.3) is 0 Å². The van der Waals surface area contributed by atoms with Crippen LogP contribution < -0.4 is 10.7 Å². The minimum absolute atomic E-state index is 0. The van der Waals surface area contributed by atoms with E-state index >= 15 is 0 Å². The summed E-state index contributed by atoms with van der Waals surface area (Å²) in [7, 11) is 0. The van der Waals surface area contributed by atoms with Crippen molar-refractivity contribution < 1.29 is 4.84 Å². The Morgan fingerprint density at radius 3 is 2.60 bits per heavy atom. The molecule has 0 radical (unpaired) electrons. The van der Waals surface area contributed by atoms with E-state index in [-0.39, 0.29) is 12.4 Å². The maximum Gasteiger partial charge on any atom is 0.166 e. The summed E-state index contributed by atoms with van der Waals surface area (Å²) in [4.78, 5) is 8.21. The summed E-state index contributed by atoms with van der Waals surface area (Å²) in [5.41, 5.74) is 0. The summed E-state index contributed by atoms with van der Waals surface area (Å²) < 4.78 is 0.852. The van der Waals surface area contributed by atoms with Gasteiger partial charge in [-0.2, -0.15) is 5.90 Å². The monoisotopic (exact) mass is 224 g/mol. The first kappa shape index (κ1) is 9.68. The highest BCUT2D eigenvalue weighted by Crippen LogP contribution is 2.13. The molecule has 1 aromatic heterocycles. The molecule has 0 aromatic carbocycles. The topological polar surface area (TPSA) is 48.1 Å². The number of hydrogen-bond acceptors (Lipinski definition) is 3. The van der Waals surface area contributed by atoms with Crippen LogP contribution in [-0.4, -0.2) is 4.98 Å². The highest BCUT2D eigenvalue weighted by atomic mass is 79.9. The second-order valence-corrected chi connectivity index (χ2v) is 2.37. The molecule has 0 aliphatic carbocycles. The van der Waals surface area contributed by atoms with Gasteiger partial charge in [0.15, 0.2) is 5.75 Å². The maximum absolute atomic E-state index is 4.86. The van der Waals surface area contributed by atoms with E-state index in [0.717, 1.165) is 4.47 Å². The SMILES string of the molecule is Cl.NOc1cncc(Br)c1. The molecule has 0 fully saturated rings. The third-order valence-corrected chi connectivity index (χ3v) is 1.25. The van der Waals surface area contributed by atoms with Crippen LogP contribution in [0.5, 0.6) is 5.75 Å². The van der Waals surface area contributed by atoms with Gasteiger partial charge in [-0.05, 0) is 15.9 Å². The van der Waals surface area contributed by atoms with Crippen molar-refractivity contribution >= 4 is 28.3 Å². The maximum atomic E-state index is 4.86. The molecule has 56 valence electrons. The van der Waals surface area contributed by atoms with Gasteiger partial charge in [0.1, 0.15) is 0 Å². The molecule has 1 heterocycles. The Hall–Kier alpha value is -0.320. The van der Waals surface area contributed by atoms with Crippen molar-refractivity contribution in [3.05, 3.63) is 22.9 Å². The average molecular weight is 225 g/mol. The Labute approximate surface area is 73.1 Å². The normalized spacial score (nSPS) is 8.20. The molecule has 0 aliphatic rings. The third kappa shape index (κ3) is 2.51. The van der Waals surface area contributed by atoms with Gasteiger partial charge >= 0.3 is 0 Å². The van der Waals surface area contributed by atoms with Crippen LogP contribution in [0, 0.1) is 0 Å². The Balaban J connectivity index is 0.000000810. The zero-order valence-electron chi connectivity index (χ0n) is 4.95. The van der Waals surface area contributed by atoms with Crippen molar-refractivity contribution in [3.8, 4) is 5.75 Å². The van der Waals surface area contributed by atoms with Crippen molar-refractivity contribution in [3.63, 3.8) is 0 Å². The zero-order valence-corrected chi connectivity index (χ0v) is 7.35. The van der Waals surface area contributed by atoms with Gasteiger partial charge in [0, 0.05) is 16.7 Å². The first-order valence-electron chi connectivity index (χ1n) is 2.30. The van der Waals surface area contributed by atoms with Gasteiger partial charge in [-0.25, -0.2) is 0 Å². The number of halogens is 2. The lowest BCUT2D eigenvalue weighted by Gasteiger charge is -1.94. The first-order valence-corrected chi connectivity index (χ1v) is 3.09. The molecular weight excluding hydrogens is 219 g/mol.